The van der Waals surface area contributed by atoms with Crippen LogP contribution < -0.4 is 5.32 Å². The Morgan fingerprint density at radius 3 is 2.29 bits per heavy atom. The summed E-state index contributed by atoms with van der Waals surface area (Å²) in [5.74, 6) is -0.176. The highest BCUT2D eigenvalue weighted by atomic mass is 35.5. The second-order valence-corrected chi connectivity index (χ2v) is 8.41. The SMILES string of the molecule is O=C(Nc1ccc(C(=O)N2CCCCCC2)cc1)c1sc2ccccc2c1Cl. The molecule has 1 N–H and O–H groups in total. The van der Waals surface area contributed by atoms with Crippen molar-refractivity contribution >= 4 is 50.5 Å². The zero-order chi connectivity index (χ0) is 19.5. The number of nitrogens with one attached hydrogen (secondary N) is 1. The zero-order valence-corrected chi connectivity index (χ0v) is 17.0. The summed E-state index contributed by atoms with van der Waals surface area (Å²) in [6, 6.07) is 14.8. The lowest BCUT2D eigenvalue weighted by Gasteiger charge is -2.20. The van der Waals surface area contributed by atoms with Crippen LogP contribution in [0.1, 0.15) is 45.7 Å². The average molecular weight is 413 g/mol. The van der Waals surface area contributed by atoms with Gasteiger partial charge in [-0.3, -0.25) is 9.59 Å². The first kappa shape index (κ1) is 19.0. The molecule has 0 atom stereocenters. The van der Waals surface area contributed by atoms with E-state index in [1.54, 1.807) is 24.3 Å². The summed E-state index contributed by atoms with van der Waals surface area (Å²) in [7, 11) is 0. The fourth-order valence-corrected chi connectivity index (χ4v) is 4.91. The lowest BCUT2D eigenvalue weighted by Crippen LogP contribution is -2.31. The van der Waals surface area contributed by atoms with Crippen LogP contribution >= 0.6 is 22.9 Å². The third-order valence-corrected chi connectivity index (χ3v) is 6.70. The van der Waals surface area contributed by atoms with E-state index >= 15 is 0 Å². The van der Waals surface area contributed by atoms with Gasteiger partial charge in [-0.05, 0) is 43.2 Å². The third-order valence-electron chi connectivity index (χ3n) is 5.02. The van der Waals surface area contributed by atoms with Crippen molar-refractivity contribution in [2.45, 2.75) is 25.7 Å². The maximum atomic E-state index is 12.7. The summed E-state index contributed by atoms with van der Waals surface area (Å²) in [6.07, 6.45) is 4.51. The number of benzene rings is 2. The molecule has 1 aliphatic heterocycles. The summed E-state index contributed by atoms with van der Waals surface area (Å²) in [4.78, 5) is 27.7. The van der Waals surface area contributed by atoms with Gasteiger partial charge in [0.15, 0.2) is 0 Å². The van der Waals surface area contributed by atoms with E-state index in [9.17, 15) is 9.59 Å². The molecule has 4 nitrogen and oxygen atoms in total. The van der Waals surface area contributed by atoms with Gasteiger partial charge in [0.05, 0.1) is 5.02 Å². The van der Waals surface area contributed by atoms with E-state index in [1.165, 1.54) is 24.2 Å². The molecule has 2 aromatic carbocycles. The minimum absolute atomic E-state index is 0.0623. The van der Waals surface area contributed by atoms with E-state index in [1.807, 2.05) is 29.2 Å². The van der Waals surface area contributed by atoms with Gasteiger partial charge >= 0.3 is 0 Å². The highest BCUT2D eigenvalue weighted by molar-refractivity contribution is 7.21. The van der Waals surface area contributed by atoms with Crippen molar-refractivity contribution in [3.05, 3.63) is 64.0 Å². The first-order chi connectivity index (χ1) is 13.6. The maximum Gasteiger partial charge on any atom is 0.267 e. The van der Waals surface area contributed by atoms with Crippen LogP contribution in [0.15, 0.2) is 48.5 Å². The molecule has 0 spiro atoms. The number of thiophene rings is 1. The lowest BCUT2D eigenvalue weighted by molar-refractivity contribution is 0.0761. The van der Waals surface area contributed by atoms with E-state index in [-0.39, 0.29) is 11.8 Å². The Hall–Kier alpha value is -2.37. The molecule has 2 amide bonds. The summed E-state index contributed by atoms with van der Waals surface area (Å²) in [5, 5.41) is 4.24. The van der Waals surface area contributed by atoms with E-state index < -0.39 is 0 Å². The Balaban J connectivity index is 1.47. The van der Waals surface area contributed by atoms with Crippen LogP contribution in [0.3, 0.4) is 0 Å². The summed E-state index contributed by atoms with van der Waals surface area (Å²) in [6.45, 7) is 1.64. The highest BCUT2D eigenvalue weighted by Gasteiger charge is 2.19. The second kappa shape index (κ2) is 8.33. The van der Waals surface area contributed by atoms with Crippen LogP contribution in [0, 0.1) is 0 Å². The predicted octanol–water partition coefficient (Wildman–Crippen LogP) is 5.82. The number of hydrogen-bond acceptors (Lipinski definition) is 3. The van der Waals surface area contributed by atoms with E-state index in [0.717, 1.165) is 36.0 Å². The minimum Gasteiger partial charge on any atom is -0.339 e. The van der Waals surface area contributed by atoms with Crippen LogP contribution in [0.2, 0.25) is 5.02 Å². The molecule has 6 heteroatoms. The first-order valence-corrected chi connectivity index (χ1v) is 10.7. The topological polar surface area (TPSA) is 49.4 Å². The van der Waals surface area contributed by atoms with Crippen molar-refractivity contribution in [3.8, 4) is 0 Å². The van der Waals surface area contributed by atoms with Crippen LogP contribution in [-0.2, 0) is 0 Å². The molecule has 0 bridgehead atoms. The van der Waals surface area contributed by atoms with Crippen LogP contribution in [0.4, 0.5) is 5.69 Å². The third kappa shape index (κ3) is 3.91. The zero-order valence-electron chi connectivity index (χ0n) is 15.4. The van der Waals surface area contributed by atoms with Gasteiger partial charge in [-0.2, -0.15) is 0 Å². The summed E-state index contributed by atoms with van der Waals surface area (Å²) < 4.78 is 0.982. The highest BCUT2D eigenvalue weighted by Crippen LogP contribution is 2.35. The first-order valence-electron chi connectivity index (χ1n) is 9.51. The van der Waals surface area contributed by atoms with E-state index in [4.69, 9.17) is 11.6 Å². The molecule has 0 aliphatic carbocycles. The monoisotopic (exact) mass is 412 g/mol. The van der Waals surface area contributed by atoms with Crippen molar-refractivity contribution in [2.24, 2.45) is 0 Å². The molecule has 0 radical (unpaired) electrons. The molecular formula is C22H21ClN2O2S. The number of halogens is 1. The summed E-state index contributed by atoms with van der Waals surface area (Å²) in [5.41, 5.74) is 1.30. The molecule has 3 aromatic rings. The van der Waals surface area contributed by atoms with Gasteiger partial charge in [0, 0.05) is 34.4 Å². The molecule has 1 aliphatic rings. The summed E-state index contributed by atoms with van der Waals surface area (Å²) >= 11 is 7.76. The molecule has 4 rings (SSSR count). The smallest absolute Gasteiger partial charge is 0.267 e. The molecule has 0 saturated carbocycles. The van der Waals surface area contributed by atoms with Crippen LogP contribution in [0.5, 0.6) is 0 Å². The van der Waals surface area contributed by atoms with Gasteiger partial charge in [0.1, 0.15) is 4.88 Å². The molecule has 28 heavy (non-hydrogen) atoms. The second-order valence-electron chi connectivity index (χ2n) is 6.98. The molecule has 1 saturated heterocycles. The quantitative estimate of drug-likeness (QED) is 0.588. The molecule has 1 aromatic heterocycles. The number of amides is 2. The number of fused-ring (bicyclic) bond motifs is 1. The fraction of sp³-hybridized carbons (Fsp3) is 0.273. The fourth-order valence-electron chi connectivity index (χ4n) is 3.50. The van der Waals surface area contributed by atoms with Crippen molar-refractivity contribution in [3.63, 3.8) is 0 Å². The molecule has 2 heterocycles. The van der Waals surface area contributed by atoms with Gasteiger partial charge in [-0.15, -0.1) is 11.3 Å². The number of carbonyl (C=O) groups excluding carboxylic acids is 2. The van der Waals surface area contributed by atoms with E-state index in [2.05, 4.69) is 5.32 Å². The Labute approximate surface area is 173 Å². The van der Waals surface area contributed by atoms with Crippen molar-refractivity contribution < 1.29 is 9.59 Å². The van der Waals surface area contributed by atoms with E-state index in [0.29, 0.717) is 21.2 Å². The Morgan fingerprint density at radius 1 is 0.929 bits per heavy atom. The number of anilines is 1. The Bertz CT molecular complexity index is 1010. The number of nitrogens with zero attached hydrogens (tertiary/aromatic N) is 1. The van der Waals surface area contributed by atoms with Gasteiger partial charge in [0.25, 0.3) is 11.8 Å². The average Bonchev–Trinajstić information content (AvgIpc) is 2.88. The molecular weight excluding hydrogens is 392 g/mol. The maximum absolute atomic E-state index is 12.7. The molecule has 0 unspecified atom stereocenters. The van der Waals surface area contributed by atoms with Gasteiger partial charge in [-0.1, -0.05) is 42.6 Å². The van der Waals surface area contributed by atoms with Crippen molar-refractivity contribution in [1.29, 1.82) is 0 Å². The number of rotatable bonds is 3. The van der Waals surface area contributed by atoms with Crippen molar-refractivity contribution in [2.75, 3.05) is 18.4 Å². The lowest BCUT2D eigenvalue weighted by atomic mass is 10.1. The van der Waals surface area contributed by atoms with Crippen molar-refractivity contribution in [1.82, 2.24) is 4.90 Å². The Morgan fingerprint density at radius 2 is 1.61 bits per heavy atom. The van der Waals surface area contributed by atoms with Gasteiger partial charge < -0.3 is 10.2 Å². The number of carbonyl (C=O) groups is 2. The minimum atomic E-state index is -0.238. The van der Waals surface area contributed by atoms with Crippen LogP contribution in [0.25, 0.3) is 10.1 Å². The standard InChI is InChI=1S/C22H21ClN2O2S/c23-19-17-7-3-4-8-18(17)28-20(19)21(26)24-16-11-9-15(10-12-16)22(27)25-13-5-1-2-6-14-25/h3-4,7-12H,1-2,5-6,13-14H2,(H,24,26). The normalized spacial score (nSPS) is 14.7. The Kier molecular flexibility index (Phi) is 5.64. The number of likely N-dealkylation sites (tertiary alicyclic amines) is 1. The van der Waals surface area contributed by atoms with Crippen LogP contribution in [-0.4, -0.2) is 29.8 Å². The molecule has 1 fully saturated rings. The van der Waals surface area contributed by atoms with Gasteiger partial charge in [-0.25, -0.2) is 0 Å². The van der Waals surface area contributed by atoms with Gasteiger partial charge in [0.2, 0.25) is 0 Å². The predicted molar refractivity (Wildman–Crippen MR) is 116 cm³/mol. The molecule has 144 valence electrons. The number of hydrogen-bond donors (Lipinski definition) is 1. The largest absolute Gasteiger partial charge is 0.339 e.